The number of hydrogen-bond acceptors (Lipinski definition) is 3. The van der Waals surface area contributed by atoms with E-state index in [1.807, 2.05) is 12.4 Å². The third-order valence-electron chi connectivity index (χ3n) is 3.10. The third-order valence-corrected chi connectivity index (χ3v) is 3.83. The molecule has 1 amide bonds. The van der Waals surface area contributed by atoms with Gasteiger partial charge in [0.1, 0.15) is 6.54 Å². The summed E-state index contributed by atoms with van der Waals surface area (Å²) in [5, 5.41) is 6.97. The van der Waals surface area contributed by atoms with E-state index in [1.165, 1.54) is 12.5 Å². The lowest BCUT2D eigenvalue weighted by Crippen LogP contribution is -3.08. The van der Waals surface area contributed by atoms with Gasteiger partial charge in [0, 0.05) is 16.8 Å². The Balaban J connectivity index is 1.89. The number of rotatable bonds is 6. The molecule has 0 fully saturated rings. The van der Waals surface area contributed by atoms with Gasteiger partial charge < -0.3 is 10.2 Å². The maximum Gasteiger partial charge on any atom is 0.279 e. The molecule has 1 unspecified atom stereocenters. The highest BCUT2D eigenvalue weighted by Gasteiger charge is 2.11. The predicted octanol–water partition coefficient (Wildman–Crippen LogP) is 1.60. The van der Waals surface area contributed by atoms with Crippen LogP contribution >= 0.6 is 11.3 Å². The predicted molar refractivity (Wildman–Crippen MR) is 84.9 cm³/mol. The molecule has 0 aliphatic heterocycles. The van der Waals surface area contributed by atoms with Crippen LogP contribution in [0.3, 0.4) is 0 Å². The number of ketones is 1. The minimum atomic E-state index is -0.0524. The SMILES string of the molecule is CC(=O)c1cccc(NC(=O)C[NH+](C)Cc2ccsc2)c1. The number of thiophene rings is 1. The van der Waals surface area contributed by atoms with Crippen LogP contribution in [0.4, 0.5) is 5.69 Å². The van der Waals surface area contributed by atoms with Crippen molar-refractivity contribution in [3.05, 3.63) is 52.2 Å². The smallest absolute Gasteiger partial charge is 0.279 e. The van der Waals surface area contributed by atoms with Crippen LogP contribution in [0, 0.1) is 0 Å². The van der Waals surface area contributed by atoms with Crippen LogP contribution in [0.2, 0.25) is 0 Å². The van der Waals surface area contributed by atoms with E-state index in [0.29, 0.717) is 17.8 Å². The van der Waals surface area contributed by atoms with E-state index in [1.54, 1.807) is 35.6 Å². The Bertz CT molecular complexity index is 623. The molecule has 0 radical (unpaired) electrons. The van der Waals surface area contributed by atoms with Crippen LogP contribution in [0.15, 0.2) is 41.1 Å². The number of likely N-dealkylation sites (N-methyl/N-ethyl adjacent to an activating group) is 1. The van der Waals surface area contributed by atoms with Crippen LogP contribution < -0.4 is 10.2 Å². The van der Waals surface area contributed by atoms with Crippen molar-refractivity contribution in [2.75, 3.05) is 18.9 Å². The van der Waals surface area contributed by atoms with Crippen molar-refractivity contribution >= 4 is 28.7 Å². The van der Waals surface area contributed by atoms with E-state index < -0.39 is 0 Å². The Hall–Kier alpha value is -1.98. The minimum absolute atomic E-state index is 0.00806. The zero-order valence-corrected chi connectivity index (χ0v) is 13.0. The van der Waals surface area contributed by atoms with Crippen LogP contribution in [-0.4, -0.2) is 25.3 Å². The van der Waals surface area contributed by atoms with Gasteiger partial charge in [0.05, 0.1) is 7.05 Å². The molecule has 21 heavy (non-hydrogen) atoms. The molecule has 2 rings (SSSR count). The Morgan fingerprint density at radius 2 is 2.10 bits per heavy atom. The highest BCUT2D eigenvalue weighted by Crippen LogP contribution is 2.10. The number of carbonyl (C=O) groups is 2. The molecule has 0 bridgehead atoms. The fourth-order valence-electron chi connectivity index (χ4n) is 2.10. The molecule has 110 valence electrons. The van der Waals surface area contributed by atoms with Crippen LogP contribution in [0.5, 0.6) is 0 Å². The maximum atomic E-state index is 12.0. The summed E-state index contributed by atoms with van der Waals surface area (Å²) >= 11 is 1.66. The molecule has 2 aromatic rings. The lowest BCUT2D eigenvalue weighted by Gasteiger charge is -2.13. The molecule has 4 nitrogen and oxygen atoms in total. The van der Waals surface area contributed by atoms with Gasteiger partial charge in [-0.3, -0.25) is 9.59 Å². The highest BCUT2D eigenvalue weighted by molar-refractivity contribution is 7.07. The molecule has 1 aromatic heterocycles. The van der Waals surface area contributed by atoms with Crippen molar-refractivity contribution in [1.82, 2.24) is 0 Å². The first-order valence-corrected chi connectivity index (χ1v) is 7.72. The zero-order valence-electron chi connectivity index (χ0n) is 12.2. The zero-order chi connectivity index (χ0) is 15.2. The first kappa shape index (κ1) is 15.4. The third kappa shape index (κ3) is 4.81. The quantitative estimate of drug-likeness (QED) is 0.797. The Labute approximate surface area is 128 Å². The fraction of sp³-hybridized carbons (Fsp3) is 0.250. The summed E-state index contributed by atoms with van der Waals surface area (Å²) < 4.78 is 0. The van der Waals surface area contributed by atoms with Gasteiger partial charge in [-0.05, 0) is 35.9 Å². The second-order valence-electron chi connectivity index (χ2n) is 5.13. The lowest BCUT2D eigenvalue weighted by atomic mass is 10.1. The molecule has 0 aliphatic rings. The summed E-state index contributed by atoms with van der Waals surface area (Å²) in [6, 6.07) is 9.08. The normalized spacial score (nSPS) is 11.9. The molecular formula is C16H19N2O2S+. The van der Waals surface area contributed by atoms with E-state index >= 15 is 0 Å². The Morgan fingerprint density at radius 3 is 2.76 bits per heavy atom. The number of anilines is 1. The Kier molecular flexibility index (Phi) is 5.25. The molecule has 1 atom stereocenters. The van der Waals surface area contributed by atoms with Crippen molar-refractivity contribution in [2.24, 2.45) is 0 Å². The first-order chi connectivity index (χ1) is 10.0. The molecule has 5 heteroatoms. The number of carbonyl (C=O) groups excluding carboxylic acids is 2. The Morgan fingerprint density at radius 1 is 1.29 bits per heavy atom. The molecular weight excluding hydrogens is 284 g/mol. The van der Waals surface area contributed by atoms with Crippen molar-refractivity contribution in [3.63, 3.8) is 0 Å². The first-order valence-electron chi connectivity index (χ1n) is 6.78. The van der Waals surface area contributed by atoms with E-state index in [2.05, 4.69) is 16.8 Å². The van der Waals surface area contributed by atoms with Gasteiger partial charge in [-0.15, -0.1) is 0 Å². The number of quaternary nitrogens is 1. The highest BCUT2D eigenvalue weighted by atomic mass is 32.1. The average molecular weight is 303 g/mol. The van der Waals surface area contributed by atoms with Gasteiger partial charge in [0.25, 0.3) is 5.91 Å². The number of benzene rings is 1. The minimum Gasteiger partial charge on any atom is -0.326 e. The number of Topliss-reactive ketones (excluding diaryl/α,β-unsaturated/α-hetero) is 1. The van der Waals surface area contributed by atoms with Gasteiger partial charge in [0.2, 0.25) is 0 Å². The van der Waals surface area contributed by atoms with Gasteiger partial charge in [-0.1, -0.05) is 12.1 Å². The molecule has 0 spiro atoms. The summed E-state index contributed by atoms with van der Waals surface area (Å²) in [6.45, 7) is 2.73. The summed E-state index contributed by atoms with van der Waals surface area (Å²) in [5.74, 6) is -0.0604. The van der Waals surface area contributed by atoms with Gasteiger partial charge >= 0.3 is 0 Å². The number of hydrogen-bond donors (Lipinski definition) is 2. The standard InChI is InChI=1S/C16H18N2O2S/c1-12(19)14-4-3-5-15(8-14)17-16(20)10-18(2)9-13-6-7-21-11-13/h3-8,11H,9-10H2,1-2H3,(H,17,20)/p+1. The maximum absolute atomic E-state index is 12.0. The number of amides is 1. The second-order valence-corrected chi connectivity index (χ2v) is 5.91. The van der Waals surface area contributed by atoms with Crippen LogP contribution in [0.1, 0.15) is 22.8 Å². The summed E-state index contributed by atoms with van der Waals surface area (Å²) in [5.41, 5.74) is 2.51. The van der Waals surface area contributed by atoms with Crippen molar-refractivity contribution in [1.29, 1.82) is 0 Å². The average Bonchev–Trinajstić information content (AvgIpc) is 2.91. The number of nitrogens with one attached hydrogen (secondary N) is 2. The summed E-state index contributed by atoms with van der Waals surface area (Å²) in [7, 11) is 1.99. The topological polar surface area (TPSA) is 50.6 Å². The molecule has 0 saturated carbocycles. The fourth-order valence-corrected chi connectivity index (χ4v) is 2.77. The molecule has 1 heterocycles. The molecule has 0 aliphatic carbocycles. The van der Waals surface area contributed by atoms with Gasteiger partial charge in [-0.2, -0.15) is 11.3 Å². The summed E-state index contributed by atoms with van der Waals surface area (Å²) in [4.78, 5) is 24.5. The van der Waals surface area contributed by atoms with Crippen molar-refractivity contribution in [3.8, 4) is 0 Å². The monoisotopic (exact) mass is 303 g/mol. The van der Waals surface area contributed by atoms with Crippen molar-refractivity contribution < 1.29 is 14.5 Å². The van der Waals surface area contributed by atoms with Gasteiger partial charge in [-0.25, -0.2) is 0 Å². The van der Waals surface area contributed by atoms with Gasteiger partial charge in [0.15, 0.2) is 12.3 Å². The van der Waals surface area contributed by atoms with E-state index in [9.17, 15) is 9.59 Å². The summed E-state index contributed by atoms with van der Waals surface area (Å²) in [6.07, 6.45) is 0. The van der Waals surface area contributed by atoms with E-state index in [4.69, 9.17) is 0 Å². The van der Waals surface area contributed by atoms with Crippen molar-refractivity contribution in [2.45, 2.75) is 13.5 Å². The van der Waals surface area contributed by atoms with Crippen LogP contribution in [-0.2, 0) is 11.3 Å². The second kappa shape index (κ2) is 7.15. The molecule has 2 N–H and O–H groups in total. The lowest BCUT2D eigenvalue weighted by molar-refractivity contribution is -0.885. The van der Waals surface area contributed by atoms with E-state index in [0.717, 1.165) is 11.4 Å². The van der Waals surface area contributed by atoms with Crippen LogP contribution in [0.25, 0.3) is 0 Å². The molecule has 0 saturated heterocycles. The molecule has 1 aromatic carbocycles. The van der Waals surface area contributed by atoms with E-state index in [-0.39, 0.29) is 11.7 Å². The largest absolute Gasteiger partial charge is 0.326 e.